The lowest BCUT2D eigenvalue weighted by Crippen LogP contribution is -2.72. The molecule has 0 aromatic carbocycles. The van der Waals surface area contributed by atoms with Crippen LogP contribution in [-0.4, -0.2) is 42.4 Å². The van der Waals surface area contributed by atoms with E-state index < -0.39 is 48.4 Å². The number of halogens is 11. The molecular formula is C16H11F11N2O. The Labute approximate surface area is 160 Å². The van der Waals surface area contributed by atoms with E-state index in [1.165, 1.54) is 24.3 Å². The highest BCUT2D eigenvalue weighted by atomic mass is 19.4. The molecule has 2 N–H and O–H groups in total. The maximum absolute atomic E-state index is 14.8. The second-order valence-corrected chi connectivity index (χ2v) is 6.61. The lowest BCUT2D eigenvalue weighted by Gasteiger charge is -2.47. The van der Waals surface area contributed by atoms with Crippen LogP contribution in [0.15, 0.2) is 47.7 Å². The van der Waals surface area contributed by atoms with E-state index in [0.29, 0.717) is 5.57 Å². The van der Waals surface area contributed by atoms with Crippen LogP contribution in [0.4, 0.5) is 48.3 Å². The highest BCUT2D eigenvalue weighted by Crippen LogP contribution is 2.52. The minimum Gasteiger partial charge on any atom is -0.368 e. The third kappa shape index (κ3) is 3.39. The van der Waals surface area contributed by atoms with Crippen molar-refractivity contribution in [2.24, 2.45) is 5.92 Å². The van der Waals surface area contributed by atoms with E-state index in [0.717, 1.165) is 0 Å². The molecule has 1 fully saturated rings. The highest BCUT2D eigenvalue weighted by molar-refractivity contribution is 5.45. The lowest BCUT2D eigenvalue weighted by atomic mass is 9.79. The molecule has 0 radical (unpaired) electrons. The molecule has 2 aliphatic carbocycles. The Morgan fingerprint density at radius 1 is 0.800 bits per heavy atom. The maximum atomic E-state index is 14.8. The molecule has 3 aliphatic rings. The number of nitrogens with one attached hydrogen (secondary N) is 2. The maximum Gasteiger partial charge on any atom is 0.462 e. The standard InChI is InChI=1S/C16H11F11N2O/c17-12(14(20,21)22,30-16(26,27)13(18,19)15(23,24)25)11-28-8-5-1-3-7-4-2-6-9(29-11)10(7)8/h1-6,8,10-11,28-29H. The number of ether oxygens (including phenoxy) is 1. The monoisotopic (exact) mass is 456 g/mol. The average molecular weight is 456 g/mol. The zero-order valence-corrected chi connectivity index (χ0v) is 14.3. The minimum absolute atomic E-state index is 0.109. The lowest BCUT2D eigenvalue weighted by molar-refractivity contribution is -0.487. The van der Waals surface area contributed by atoms with Crippen molar-refractivity contribution >= 4 is 0 Å². The first-order valence-electron chi connectivity index (χ1n) is 8.09. The summed E-state index contributed by atoms with van der Waals surface area (Å²) in [6.07, 6.45) is -15.0. The number of rotatable bonds is 4. The van der Waals surface area contributed by atoms with Crippen molar-refractivity contribution < 1.29 is 53.0 Å². The molecule has 0 aromatic rings. The quantitative estimate of drug-likeness (QED) is 0.613. The van der Waals surface area contributed by atoms with Gasteiger partial charge in [0.2, 0.25) is 0 Å². The second-order valence-electron chi connectivity index (χ2n) is 6.61. The Hall–Kier alpha value is -2.09. The fourth-order valence-electron chi connectivity index (χ4n) is 3.19. The topological polar surface area (TPSA) is 33.3 Å². The molecule has 0 aromatic heterocycles. The Balaban J connectivity index is 1.99. The summed E-state index contributed by atoms with van der Waals surface area (Å²) in [6, 6.07) is -1.12. The van der Waals surface area contributed by atoms with Crippen molar-refractivity contribution in [3.8, 4) is 0 Å². The molecule has 4 atom stereocenters. The number of allylic oxidation sites excluding steroid dienone is 5. The third-order valence-corrected chi connectivity index (χ3v) is 4.65. The molecule has 1 saturated heterocycles. The van der Waals surface area contributed by atoms with Gasteiger partial charge >= 0.3 is 30.2 Å². The second kappa shape index (κ2) is 6.70. The van der Waals surface area contributed by atoms with E-state index in [4.69, 9.17) is 0 Å². The molecule has 3 rings (SSSR count). The van der Waals surface area contributed by atoms with Gasteiger partial charge in [0.15, 0.2) is 0 Å². The van der Waals surface area contributed by atoms with Crippen LogP contribution in [0.1, 0.15) is 0 Å². The summed E-state index contributed by atoms with van der Waals surface area (Å²) in [5, 5.41) is 3.84. The molecule has 14 heteroatoms. The summed E-state index contributed by atoms with van der Waals surface area (Å²) in [5.74, 6) is -13.5. The van der Waals surface area contributed by atoms with Gasteiger partial charge in [0, 0.05) is 17.7 Å². The molecule has 3 nitrogen and oxygen atoms in total. The van der Waals surface area contributed by atoms with Crippen molar-refractivity contribution in [3.05, 3.63) is 47.7 Å². The zero-order valence-electron chi connectivity index (χ0n) is 14.3. The van der Waals surface area contributed by atoms with Crippen LogP contribution in [0.5, 0.6) is 0 Å². The zero-order chi connectivity index (χ0) is 22.8. The first-order valence-corrected chi connectivity index (χ1v) is 8.09. The van der Waals surface area contributed by atoms with Crippen LogP contribution in [0.25, 0.3) is 0 Å². The van der Waals surface area contributed by atoms with Crippen LogP contribution in [0, 0.1) is 5.92 Å². The highest BCUT2D eigenvalue weighted by Gasteiger charge is 2.79. The molecule has 168 valence electrons. The van der Waals surface area contributed by atoms with Crippen molar-refractivity contribution in [2.45, 2.75) is 42.4 Å². The predicted molar refractivity (Wildman–Crippen MR) is 78.7 cm³/mol. The van der Waals surface area contributed by atoms with E-state index in [9.17, 15) is 48.3 Å². The minimum atomic E-state index is -7.10. The average Bonchev–Trinajstić information content (AvgIpc) is 2.59. The molecular weight excluding hydrogens is 445 g/mol. The van der Waals surface area contributed by atoms with Gasteiger partial charge < -0.3 is 5.32 Å². The van der Waals surface area contributed by atoms with Crippen LogP contribution >= 0.6 is 0 Å². The number of alkyl halides is 11. The number of hydrogen-bond donors (Lipinski definition) is 2. The molecule has 1 heterocycles. The summed E-state index contributed by atoms with van der Waals surface area (Å²) in [4.78, 5) is 0. The summed E-state index contributed by atoms with van der Waals surface area (Å²) < 4.78 is 147. The molecule has 0 spiro atoms. The van der Waals surface area contributed by atoms with Gasteiger partial charge in [-0.1, -0.05) is 30.4 Å². The van der Waals surface area contributed by atoms with Gasteiger partial charge in [-0.15, -0.1) is 0 Å². The molecule has 0 bridgehead atoms. The smallest absolute Gasteiger partial charge is 0.368 e. The van der Waals surface area contributed by atoms with Gasteiger partial charge in [0.25, 0.3) is 0 Å². The van der Waals surface area contributed by atoms with E-state index in [2.05, 4.69) is 4.74 Å². The van der Waals surface area contributed by atoms with Gasteiger partial charge in [-0.25, -0.2) is 0 Å². The SMILES string of the molecule is FC(F)(F)C(F)(OC(F)(F)C(F)(F)C(F)(F)F)C1NC2=CC=CC3=CC=CC(N1)C32. The summed E-state index contributed by atoms with van der Waals surface area (Å²) >= 11 is 0. The van der Waals surface area contributed by atoms with Crippen LogP contribution in [0.2, 0.25) is 0 Å². The summed E-state index contributed by atoms with van der Waals surface area (Å²) in [6.45, 7) is 0. The van der Waals surface area contributed by atoms with Crippen molar-refractivity contribution in [1.82, 2.24) is 10.6 Å². The van der Waals surface area contributed by atoms with Gasteiger partial charge in [0.1, 0.15) is 6.17 Å². The Morgan fingerprint density at radius 2 is 1.43 bits per heavy atom. The Morgan fingerprint density at radius 3 is 2.00 bits per heavy atom. The normalized spacial score (nSPS) is 28.8. The Bertz CT molecular complexity index is 824. The fourth-order valence-corrected chi connectivity index (χ4v) is 3.19. The van der Waals surface area contributed by atoms with Gasteiger partial charge in [0.05, 0.1) is 0 Å². The molecule has 1 aliphatic heterocycles. The van der Waals surface area contributed by atoms with Crippen molar-refractivity contribution in [2.75, 3.05) is 0 Å². The van der Waals surface area contributed by atoms with Crippen molar-refractivity contribution in [3.63, 3.8) is 0 Å². The third-order valence-electron chi connectivity index (χ3n) is 4.65. The van der Waals surface area contributed by atoms with E-state index in [-0.39, 0.29) is 5.70 Å². The van der Waals surface area contributed by atoms with E-state index in [1.54, 1.807) is 12.2 Å². The molecule has 4 unspecified atom stereocenters. The first-order chi connectivity index (χ1) is 13.5. The molecule has 0 amide bonds. The van der Waals surface area contributed by atoms with Crippen LogP contribution < -0.4 is 10.6 Å². The first kappa shape index (κ1) is 22.6. The van der Waals surface area contributed by atoms with Gasteiger partial charge in [-0.2, -0.15) is 48.3 Å². The van der Waals surface area contributed by atoms with Crippen LogP contribution in [0.3, 0.4) is 0 Å². The van der Waals surface area contributed by atoms with E-state index >= 15 is 0 Å². The Kier molecular flexibility index (Phi) is 5.05. The molecule has 0 saturated carbocycles. The van der Waals surface area contributed by atoms with Gasteiger partial charge in [-0.05, 0) is 11.6 Å². The van der Waals surface area contributed by atoms with Gasteiger partial charge in [-0.3, -0.25) is 10.1 Å². The number of hydrogen-bond acceptors (Lipinski definition) is 3. The fraction of sp³-hybridized carbons (Fsp3) is 0.500. The molecule has 30 heavy (non-hydrogen) atoms. The summed E-state index contributed by atoms with van der Waals surface area (Å²) in [5.41, 5.74) is 0.437. The predicted octanol–water partition coefficient (Wildman–Crippen LogP) is 4.48. The largest absolute Gasteiger partial charge is 0.462 e. The van der Waals surface area contributed by atoms with E-state index in [1.807, 2.05) is 10.6 Å². The van der Waals surface area contributed by atoms with Crippen LogP contribution in [-0.2, 0) is 4.74 Å². The summed E-state index contributed by atoms with van der Waals surface area (Å²) in [7, 11) is 0. The van der Waals surface area contributed by atoms with Crippen molar-refractivity contribution in [1.29, 1.82) is 0 Å².